The van der Waals surface area contributed by atoms with Crippen LogP contribution < -0.4 is 9.60 Å². The molecule has 2 heterocycles. The molecule has 1 fully saturated rings. The first-order valence-corrected chi connectivity index (χ1v) is 11.5. The number of ether oxygens (including phenoxy) is 1. The summed E-state index contributed by atoms with van der Waals surface area (Å²) in [5, 5.41) is 0. The number of benzene rings is 2. The van der Waals surface area contributed by atoms with Gasteiger partial charge in [-0.2, -0.15) is 0 Å². The van der Waals surface area contributed by atoms with Crippen LogP contribution in [0.1, 0.15) is 0 Å². The molecular formula is C19H17F2N3O5S2. The second kappa shape index (κ2) is 8.36. The van der Waals surface area contributed by atoms with Crippen molar-refractivity contribution in [3.05, 3.63) is 57.7 Å². The number of carbonyl (C=O) groups excluding carboxylic acids is 1. The molecule has 31 heavy (non-hydrogen) atoms. The van der Waals surface area contributed by atoms with Crippen molar-refractivity contribution < 1.29 is 26.7 Å². The highest BCUT2D eigenvalue weighted by molar-refractivity contribution is 7.92. The molecule has 0 unspecified atom stereocenters. The van der Waals surface area contributed by atoms with Crippen LogP contribution in [0.4, 0.5) is 14.5 Å². The molecule has 164 valence electrons. The second-order valence-electron chi connectivity index (χ2n) is 6.81. The number of nitrogens with zero attached hydrogens (tertiary/aromatic N) is 2. The van der Waals surface area contributed by atoms with Gasteiger partial charge in [0, 0.05) is 19.2 Å². The standard InChI is InChI=1S/C19H17F2N3O5S2/c20-12-1-3-15(14(21)9-12)22-31(27,28)13-2-4-16-17(10-13)30-19(26)24(16)11-18(25)23-5-7-29-8-6-23/h1-4,9-10,22H,5-8,11H2. The van der Waals surface area contributed by atoms with Gasteiger partial charge in [0.1, 0.15) is 18.2 Å². The lowest BCUT2D eigenvalue weighted by Crippen LogP contribution is -2.43. The fourth-order valence-electron chi connectivity index (χ4n) is 3.19. The average molecular weight is 469 g/mol. The molecule has 12 heteroatoms. The zero-order valence-corrected chi connectivity index (χ0v) is 17.6. The maximum absolute atomic E-state index is 13.8. The summed E-state index contributed by atoms with van der Waals surface area (Å²) in [6, 6.07) is 6.44. The monoisotopic (exact) mass is 469 g/mol. The second-order valence-corrected chi connectivity index (χ2v) is 9.48. The lowest BCUT2D eigenvalue weighted by Gasteiger charge is -2.26. The molecule has 1 aromatic heterocycles. The van der Waals surface area contributed by atoms with Gasteiger partial charge < -0.3 is 9.64 Å². The van der Waals surface area contributed by atoms with Gasteiger partial charge in [0.25, 0.3) is 10.0 Å². The Labute approximate surface area is 179 Å². The quantitative estimate of drug-likeness (QED) is 0.617. The average Bonchev–Trinajstić information content (AvgIpc) is 3.05. The molecule has 1 N–H and O–H groups in total. The minimum atomic E-state index is -4.19. The van der Waals surface area contributed by atoms with Crippen LogP contribution in [0.25, 0.3) is 10.2 Å². The number of hydrogen-bond donors (Lipinski definition) is 1. The summed E-state index contributed by atoms with van der Waals surface area (Å²) >= 11 is 0.805. The molecule has 0 bridgehead atoms. The highest BCUT2D eigenvalue weighted by atomic mass is 32.2. The summed E-state index contributed by atoms with van der Waals surface area (Å²) in [5.41, 5.74) is 0.0203. The van der Waals surface area contributed by atoms with E-state index in [-0.39, 0.29) is 17.3 Å². The van der Waals surface area contributed by atoms with Gasteiger partial charge in [-0.15, -0.1) is 0 Å². The molecule has 0 aliphatic carbocycles. The topological polar surface area (TPSA) is 97.7 Å². The molecule has 3 aromatic rings. The Balaban J connectivity index is 1.61. The normalized spacial score (nSPS) is 14.7. The first-order valence-electron chi connectivity index (χ1n) is 9.21. The largest absolute Gasteiger partial charge is 0.378 e. The van der Waals surface area contributed by atoms with Crippen molar-refractivity contribution in [3.8, 4) is 0 Å². The lowest BCUT2D eigenvalue weighted by atomic mass is 10.3. The van der Waals surface area contributed by atoms with Crippen molar-refractivity contribution in [1.29, 1.82) is 0 Å². The number of rotatable bonds is 5. The van der Waals surface area contributed by atoms with Crippen LogP contribution in [0.2, 0.25) is 0 Å². The van der Waals surface area contributed by atoms with E-state index in [0.29, 0.717) is 42.6 Å². The third kappa shape index (κ3) is 4.45. The fourth-order valence-corrected chi connectivity index (χ4v) is 5.29. The first kappa shape index (κ1) is 21.4. The third-order valence-corrected chi connectivity index (χ3v) is 7.09. The molecule has 1 saturated heterocycles. The number of nitrogens with one attached hydrogen (secondary N) is 1. The number of anilines is 1. The number of aromatic nitrogens is 1. The van der Waals surface area contributed by atoms with E-state index in [4.69, 9.17) is 4.74 Å². The van der Waals surface area contributed by atoms with Crippen LogP contribution in [0, 0.1) is 11.6 Å². The number of halogens is 2. The summed E-state index contributed by atoms with van der Waals surface area (Å²) in [4.78, 5) is 25.9. The number of fused-ring (bicyclic) bond motifs is 1. The van der Waals surface area contributed by atoms with Crippen molar-refractivity contribution >= 4 is 43.2 Å². The Morgan fingerprint density at radius 2 is 1.87 bits per heavy atom. The number of sulfonamides is 1. The smallest absolute Gasteiger partial charge is 0.308 e. The van der Waals surface area contributed by atoms with E-state index >= 15 is 0 Å². The van der Waals surface area contributed by atoms with Crippen molar-refractivity contribution in [2.24, 2.45) is 0 Å². The molecular weight excluding hydrogens is 452 g/mol. The highest BCUT2D eigenvalue weighted by Gasteiger charge is 2.22. The lowest BCUT2D eigenvalue weighted by molar-refractivity contribution is -0.135. The maximum Gasteiger partial charge on any atom is 0.308 e. The van der Waals surface area contributed by atoms with E-state index < -0.39 is 32.2 Å². The molecule has 0 atom stereocenters. The van der Waals surface area contributed by atoms with Gasteiger partial charge in [0.15, 0.2) is 0 Å². The Kier molecular flexibility index (Phi) is 5.77. The highest BCUT2D eigenvalue weighted by Crippen LogP contribution is 2.25. The van der Waals surface area contributed by atoms with Gasteiger partial charge in [-0.3, -0.25) is 18.9 Å². The van der Waals surface area contributed by atoms with Gasteiger partial charge >= 0.3 is 4.87 Å². The molecule has 0 radical (unpaired) electrons. The van der Waals surface area contributed by atoms with E-state index in [1.165, 1.54) is 22.8 Å². The minimum Gasteiger partial charge on any atom is -0.378 e. The van der Waals surface area contributed by atoms with Crippen LogP contribution in [-0.2, 0) is 26.1 Å². The number of thiazole rings is 1. The van der Waals surface area contributed by atoms with E-state index in [2.05, 4.69) is 4.72 Å². The summed E-state index contributed by atoms with van der Waals surface area (Å²) in [6.07, 6.45) is 0. The van der Waals surface area contributed by atoms with Crippen molar-refractivity contribution in [2.45, 2.75) is 11.4 Å². The summed E-state index contributed by atoms with van der Waals surface area (Å²) in [5.74, 6) is -2.11. The number of hydrogen-bond acceptors (Lipinski definition) is 6. The van der Waals surface area contributed by atoms with Crippen LogP contribution in [0.15, 0.2) is 46.1 Å². The summed E-state index contributed by atoms with van der Waals surface area (Å²) in [7, 11) is -4.19. The molecule has 2 aromatic carbocycles. The number of carbonyl (C=O) groups is 1. The van der Waals surface area contributed by atoms with Gasteiger partial charge in [-0.1, -0.05) is 11.3 Å². The van der Waals surface area contributed by atoms with E-state index in [9.17, 15) is 26.8 Å². The number of morpholine rings is 1. The molecule has 1 amide bonds. The van der Waals surface area contributed by atoms with Gasteiger partial charge in [-0.25, -0.2) is 17.2 Å². The SMILES string of the molecule is O=C(Cn1c(=O)sc2cc(S(=O)(=O)Nc3ccc(F)cc3F)ccc21)N1CCOCC1. The zero-order valence-electron chi connectivity index (χ0n) is 16.0. The Hall–Kier alpha value is -2.83. The minimum absolute atomic E-state index is 0.163. The molecule has 0 saturated carbocycles. The molecule has 8 nitrogen and oxygen atoms in total. The van der Waals surface area contributed by atoms with Gasteiger partial charge in [0.05, 0.1) is 34.0 Å². The van der Waals surface area contributed by atoms with Crippen molar-refractivity contribution in [2.75, 3.05) is 31.0 Å². The summed E-state index contributed by atoms with van der Waals surface area (Å²) < 4.78 is 61.1. The van der Waals surface area contributed by atoms with Gasteiger partial charge in [0.2, 0.25) is 5.91 Å². The summed E-state index contributed by atoms with van der Waals surface area (Å²) in [6.45, 7) is 1.61. The van der Waals surface area contributed by atoms with E-state index in [1.807, 2.05) is 0 Å². The van der Waals surface area contributed by atoms with Crippen LogP contribution in [0.5, 0.6) is 0 Å². The third-order valence-electron chi connectivity index (χ3n) is 4.78. The molecule has 0 spiro atoms. The predicted molar refractivity (Wildman–Crippen MR) is 111 cm³/mol. The zero-order chi connectivity index (χ0) is 22.2. The molecule has 4 rings (SSSR count). The van der Waals surface area contributed by atoms with Crippen molar-refractivity contribution in [3.63, 3.8) is 0 Å². The number of amides is 1. The molecule has 1 aliphatic heterocycles. The van der Waals surface area contributed by atoms with Gasteiger partial charge in [-0.05, 0) is 30.3 Å². The van der Waals surface area contributed by atoms with Crippen LogP contribution >= 0.6 is 11.3 Å². The predicted octanol–water partition coefficient (Wildman–Crippen LogP) is 2.00. The Morgan fingerprint density at radius 3 is 2.58 bits per heavy atom. The van der Waals surface area contributed by atoms with Crippen LogP contribution in [-0.4, -0.2) is 50.1 Å². The van der Waals surface area contributed by atoms with E-state index in [1.54, 1.807) is 4.90 Å². The van der Waals surface area contributed by atoms with Crippen molar-refractivity contribution in [1.82, 2.24) is 9.47 Å². The Morgan fingerprint density at radius 1 is 1.13 bits per heavy atom. The first-order chi connectivity index (χ1) is 14.7. The fraction of sp³-hybridized carbons (Fsp3) is 0.263. The van der Waals surface area contributed by atoms with E-state index in [0.717, 1.165) is 23.5 Å². The molecule has 1 aliphatic rings. The maximum atomic E-state index is 13.8. The van der Waals surface area contributed by atoms with Crippen LogP contribution in [0.3, 0.4) is 0 Å². The Bertz CT molecular complexity index is 1310.